The van der Waals surface area contributed by atoms with E-state index < -0.39 is 0 Å². The fourth-order valence-corrected chi connectivity index (χ4v) is 7.40. The highest BCUT2D eigenvalue weighted by Crippen LogP contribution is 2.60. The first-order chi connectivity index (χ1) is 16.0. The molecule has 4 bridgehead atoms. The third kappa shape index (κ3) is 3.72. The second kappa shape index (κ2) is 8.08. The van der Waals surface area contributed by atoms with Crippen molar-refractivity contribution in [1.29, 1.82) is 0 Å². The predicted molar refractivity (Wildman–Crippen MR) is 125 cm³/mol. The van der Waals surface area contributed by atoms with Crippen LogP contribution < -0.4 is 10.2 Å². The molecule has 0 radical (unpaired) electrons. The zero-order chi connectivity index (χ0) is 22.6. The molecule has 33 heavy (non-hydrogen) atoms. The number of hydrogen-bond donors (Lipinski definition) is 2. The van der Waals surface area contributed by atoms with Crippen LogP contribution in [0.3, 0.4) is 0 Å². The van der Waals surface area contributed by atoms with Crippen molar-refractivity contribution in [2.45, 2.75) is 57.1 Å². The number of carbonyl (C=O) groups excluding carboxylic acids is 1. The molecule has 3 atom stereocenters. The van der Waals surface area contributed by atoms with E-state index in [1.54, 1.807) is 12.3 Å². The number of amides is 1. The number of aromatic nitrogens is 1. The Morgan fingerprint density at radius 1 is 1.12 bits per heavy atom. The number of rotatable bonds is 4. The normalized spacial score (nSPS) is 35.0. The van der Waals surface area contributed by atoms with Gasteiger partial charge in [-0.25, -0.2) is 4.39 Å². The van der Waals surface area contributed by atoms with Crippen LogP contribution >= 0.6 is 0 Å². The number of aliphatic hydroxyl groups is 1. The van der Waals surface area contributed by atoms with E-state index in [2.05, 4.69) is 15.2 Å². The minimum atomic E-state index is -0.316. The SMILES string of the molecule is O=C(N[C@H]1CCCN(c2ccc(-c3ccncc3F)cc2)C1)C12CC3CC(C1)C(O)C(C3)C2. The Kier molecular flexibility index (Phi) is 5.17. The van der Waals surface area contributed by atoms with Gasteiger partial charge in [-0.1, -0.05) is 12.1 Å². The van der Waals surface area contributed by atoms with Gasteiger partial charge < -0.3 is 15.3 Å². The molecule has 1 saturated heterocycles. The number of carbonyl (C=O) groups is 1. The summed E-state index contributed by atoms with van der Waals surface area (Å²) in [6.45, 7) is 1.75. The van der Waals surface area contributed by atoms with E-state index >= 15 is 0 Å². The number of pyridine rings is 1. The average molecular weight is 450 g/mol. The summed E-state index contributed by atoms with van der Waals surface area (Å²) in [5.41, 5.74) is 2.24. The van der Waals surface area contributed by atoms with Crippen LogP contribution in [0.5, 0.6) is 0 Å². The highest BCUT2D eigenvalue weighted by atomic mass is 19.1. The maximum Gasteiger partial charge on any atom is 0.226 e. The van der Waals surface area contributed by atoms with Crippen LogP contribution in [0.25, 0.3) is 11.1 Å². The molecule has 7 rings (SSSR count). The first-order valence-corrected chi connectivity index (χ1v) is 12.4. The third-order valence-electron chi connectivity index (χ3n) is 8.78. The number of aliphatic hydroxyl groups excluding tert-OH is 1. The van der Waals surface area contributed by atoms with Crippen LogP contribution in [0.4, 0.5) is 10.1 Å². The molecule has 1 amide bonds. The average Bonchev–Trinajstić information content (AvgIpc) is 2.82. The standard InChI is InChI=1S/C27H32FN3O2/c28-24-15-29-8-7-23(24)18-3-5-22(6-4-18)31-9-1-2-21(16-31)30-26(33)27-12-17-10-19(13-27)25(32)20(11-17)14-27/h3-8,15,17,19-21,25,32H,1-2,9-14,16H2,(H,30,33)/t17?,19?,20?,21-,25?,27?/m0/s1. The maximum atomic E-state index is 14.1. The van der Waals surface area contributed by atoms with Gasteiger partial charge in [-0.05, 0) is 86.5 Å². The molecular weight excluding hydrogens is 417 g/mol. The van der Waals surface area contributed by atoms with E-state index in [1.807, 2.05) is 24.3 Å². The van der Waals surface area contributed by atoms with Crippen LogP contribution in [0.2, 0.25) is 0 Å². The Morgan fingerprint density at radius 3 is 2.61 bits per heavy atom. The van der Waals surface area contributed by atoms with Gasteiger partial charge in [0.2, 0.25) is 5.91 Å². The molecule has 6 heteroatoms. The second-order valence-corrected chi connectivity index (χ2v) is 10.9. The van der Waals surface area contributed by atoms with Crippen LogP contribution in [0.15, 0.2) is 42.7 Å². The van der Waals surface area contributed by atoms with E-state index in [9.17, 15) is 14.3 Å². The van der Waals surface area contributed by atoms with Crippen molar-refractivity contribution in [2.75, 3.05) is 18.0 Å². The molecular formula is C27H32FN3O2. The third-order valence-corrected chi connectivity index (χ3v) is 8.78. The zero-order valence-corrected chi connectivity index (χ0v) is 18.9. The summed E-state index contributed by atoms with van der Waals surface area (Å²) in [5, 5.41) is 14.0. The lowest BCUT2D eigenvalue weighted by Crippen LogP contribution is -2.60. The Labute approximate surface area is 194 Å². The van der Waals surface area contributed by atoms with E-state index in [0.717, 1.165) is 69.3 Å². The summed E-state index contributed by atoms with van der Waals surface area (Å²) in [5.74, 6) is 1.15. The molecule has 5 nitrogen and oxygen atoms in total. The fourth-order valence-electron chi connectivity index (χ4n) is 7.40. The largest absolute Gasteiger partial charge is 0.393 e. The van der Waals surface area contributed by atoms with Gasteiger partial charge in [0.25, 0.3) is 0 Å². The minimum absolute atomic E-state index is 0.140. The summed E-state index contributed by atoms with van der Waals surface area (Å²) in [6, 6.07) is 9.83. The van der Waals surface area contributed by atoms with Crippen molar-refractivity contribution in [3.05, 3.63) is 48.5 Å². The highest BCUT2D eigenvalue weighted by molar-refractivity contribution is 5.83. The van der Waals surface area contributed by atoms with E-state index in [-0.39, 0.29) is 29.3 Å². The molecule has 2 N–H and O–H groups in total. The summed E-state index contributed by atoms with van der Waals surface area (Å²) in [7, 11) is 0. The minimum Gasteiger partial charge on any atom is -0.393 e. The number of nitrogens with one attached hydrogen (secondary N) is 1. The zero-order valence-electron chi connectivity index (χ0n) is 18.9. The van der Waals surface area contributed by atoms with E-state index in [4.69, 9.17) is 0 Å². The molecule has 2 unspecified atom stereocenters. The fraction of sp³-hybridized carbons (Fsp3) is 0.556. The maximum absolute atomic E-state index is 14.1. The topological polar surface area (TPSA) is 65.5 Å². The molecule has 174 valence electrons. The van der Waals surface area contributed by atoms with Crippen molar-refractivity contribution in [3.8, 4) is 11.1 Å². The Hall–Kier alpha value is -2.47. The lowest BCUT2D eigenvalue weighted by molar-refractivity contribution is -0.163. The first-order valence-electron chi connectivity index (χ1n) is 12.4. The van der Waals surface area contributed by atoms with Crippen LogP contribution in [-0.2, 0) is 4.79 Å². The number of nitrogens with zero attached hydrogens (tertiary/aromatic N) is 2. The Balaban J connectivity index is 1.12. The van der Waals surface area contributed by atoms with Crippen molar-refractivity contribution in [3.63, 3.8) is 0 Å². The van der Waals surface area contributed by atoms with Crippen molar-refractivity contribution in [2.24, 2.45) is 23.2 Å². The molecule has 5 fully saturated rings. The van der Waals surface area contributed by atoms with Gasteiger partial charge in [0.15, 0.2) is 0 Å². The van der Waals surface area contributed by atoms with E-state index in [0.29, 0.717) is 23.3 Å². The van der Waals surface area contributed by atoms with Gasteiger partial charge >= 0.3 is 0 Å². The number of anilines is 1. The van der Waals surface area contributed by atoms with Gasteiger partial charge in [0.1, 0.15) is 5.82 Å². The van der Waals surface area contributed by atoms with Crippen molar-refractivity contribution < 1.29 is 14.3 Å². The predicted octanol–water partition coefficient (Wildman–Crippen LogP) is 4.16. The molecule has 1 aromatic carbocycles. The molecule has 2 heterocycles. The number of halogens is 1. The molecule has 1 aliphatic heterocycles. The highest BCUT2D eigenvalue weighted by Gasteiger charge is 2.58. The van der Waals surface area contributed by atoms with Gasteiger partial charge in [0, 0.05) is 36.6 Å². The molecule has 4 saturated carbocycles. The summed E-state index contributed by atoms with van der Waals surface area (Å²) in [4.78, 5) is 19.6. The Morgan fingerprint density at radius 2 is 1.88 bits per heavy atom. The molecule has 4 aliphatic carbocycles. The molecule has 0 spiro atoms. The number of hydrogen-bond acceptors (Lipinski definition) is 4. The monoisotopic (exact) mass is 449 g/mol. The van der Waals surface area contributed by atoms with Crippen LogP contribution in [0.1, 0.15) is 44.9 Å². The van der Waals surface area contributed by atoms with E-state index in [1.165, 1.54) is 6.20 Å². The Bertz CT molecular complexity index is 1030. The first kappa shape index (κ1) is 21.1. The van der Waals surface area contributed by atoms with Crippen molar-refractivity contribution >= 4 is 11.6 Å². The molecule has 2 aromatic rings. The summed E-state index contributed by atoms with van der Waals surface area (Å²) in [6.07, 6.45) is 9.60. The quantitative estimate of drug-likeness (QED) is 0.736. The van der Waals surface area contributed by atoms with Gasteiger partial charge in [-0.3, -0.25) is 9.78 Å². The number of piperidine rings is 1. The second-order valence-electron chi connectivity index (χ2n) is 10.9. The van der Waals surface area contributed by atoms with Gasteiger partial charge in [0.05, 0.1) is 17.7 Å². The molecule has 1 aromatic heterocycles. The summed E-state index contributed by atoms with van der Waals surface area (Å²) < 4.78 is 14.1. The molecule has 5 aliphatic rings. The van der Waals surface area contributed by atoms with Crippen LogP contribution in [-0.4, -0.2) is 41.2 Å². The van der Waals surface area contributed by atoms with Crippen LogP contribution in [0, 0.1) is 29.0 Å². The summed E-state index contributed by atoms with van der Waals surface area (Å²) >= 11 is 0. The number of benzene rings is 1. The lowest BCUT2D eigenvalue weighted by Gasteiger charge is -2.58. The van der Waals surface area contributed by atoms with Crippen molar-refractivity contribution in [1.82, 2.24) is 10.3 Å². The van der Waals surface area contributed by atoms with Gasteiger partial charge in [-0.2, -0.15) is 0 Å². The smallest absolute Gasteiger partial charge is 0.226 e. The van der Waals surface area contributed by atoms with Gasteiger partial charge in [-0.15, -0.1) is 0 Å². The lowest BCUT2D eigenvalue weighted by atomic mass is 9.48.